The van der Waals surface area contributed by atoms with Gasteiger partial charge in [0.2, 0.25) is 0 Å². The lowest BCUT2D eigenvalue weighted by atomic mass is 10.0. The van der Waals surface area contributed by atoms with Crippen molar-refractivity contribution >= 4 is 6.29 Å². The van der Waals surface area contributed by atoms with Gasteiger partial charge in [0.25, 0.3) is 0 Å². The maximum atomic E-state index is 10.1. The first-order chi connectivity index (χ1) is 4.20. The highest BCUT2D eigenvalue weighted by molar-refractivity contribution is 5.71. The van der Waals surface area contributed by atoms with Gasteiger partial charge in [-0.15, -0.1) is 0 Å². The predicted octanol–water partition coefficient (Wildman–Crippen LogP) is 2.18. The molecule has 1 atom stereocenters. The molecule has 1 nitrogen and oxygen atoms in total. The van der Waals surface area contributed by atoms with Crippen LogP contribution in [0.2, 0.25) is 0 Å². The molecule has 0 spiro atoms. The zero-order chi connectivity index (χ0) is 7.28. The second kappa shape index (κ2) is 4.30. The lowest BCUT2D eigenvalue weighted by Gasteiger charge is -2.04. The molecule has 0 saturated carbocycles. The van der Waals surface area contributed by atoms with Gasteiger partial charge in [-0.25, -0.2) is 0 Å². The molecule has 9 heavy (non-hydrogen) atoms. The standard InChI is InChI=1S/C8H14O/c1-4-7(2)5-8(3)6-9/h6-7H,3-5H2,1-2H3/t7-/m0/s1. The Labute approximate surface area is 56.8 Å². The summed E-state index contributed by atoms with van der Waals surface area (Å²) >= 11 is 0. The van der Waals surface area contributed by atoms with Crippen molar-refractivity contribution in [2.24, 2.45) is 5.92 Å². The maximum absolute atomic E-state index is 10.1. The molecule has 0 radical (unpaired) electrons. The van der Waals surface area contributed by atoms with E-state index in [-0.39, 0.29) is 0 Å². The second-order valence-corrected chi connectivity index (χ2v) is 2.49. The van der Waals surface area contributed by atoms with E-state index in [1.165, 1.54) is 0 Å². The third-order valence-electron chi connectivity index (χ3n) is 1.47. The molecular weight excluding hydrogens is 112 g/mol. The predicted molar refractivity (Wildman–Crippen MR) is 39.3 cm³/mol. The zero-order valence-electron chi connectivity index (χ0n) is 6.18. The van der Waals surface area contributed by atoms with Gasteiger partial charge in [-0.05, 0) is 17.9 Å². The Hall–Kier alpha value is -0.590. The number of allylic oxidation sites excluding steroid dienone is 1. The number of carbonyl (C=O) groups is 1. The molecule has 0 fully saturated rings. The quantitative estimate of drug-likeness (QED) is 0.417. The molecule has 0 bridgehead atoms. The van der Waals surface area contributed by atoms with E-state index in [1.807, 2.05) is 0 Å². The van der Waals surface area contributed by atoms with E-state index in [1.54, 1.807) is 0 Å². The van der Waals surface area contributed by atoms with E-state index < -0.39 is 0 Å². The van der Waals surface area contributed by atoms with Gasteiger partial charge in [0.05, 0.1) is 0 Å². The third-order valence-corrected chi connectivity index (χ3v) is 1.47. The molecule has 0 saturated heterocycles. The maximum Gasteiger partial charge on any atom is 0.145 e. The van der Waals surface area contributed by atoms with Crippen molar-refractivity contribution in [1.29, 1.82) is 0 Å². The van der Waals surface area contributed by atoms with E-state index in [0.29, 0.717) is 11.5 Å². The van der Waals surface area contributed by atoms with Crippen LogP contribution in [0.1, 0.15) is 26.7 Å². The van der Waals surface area contributed by atoms with E-state index in [0.717, 1.165) is 19.1 Å². The van der Waals surface area contributed by atoms with Crippen LogP contribution in [0.3, 0.4) is 0 Å². The average molecular weight is 126 g/mol. The molecule has 52 valence electrons. The molecule has 0 aromatic rings. The smallest absolute Gasteiger partial charge is 0.145 e. The summed E-state index contributed by atoms with van der Waals surface area (Å²) in [6.45, 7) is 7.83. The second-order valence-electron chi connectivity index (χ2n) is 2.49. The highest BCUT2D eigenvalue weighted by Crippen LogP contribution is 2.10. The zero-order valence-corrected chi connectivity index (χ0v) is 6.18. The van der Waals surface area contributed by atoms with Crippen LogP contribution < -0.4 is 0 Å². The first-order valence-electron chi connectivity index (χ1n) is 3.33. The van der Waals surface area contributed by atoms with Crippen LogP contribution in [0.5, 0.6) is 0 Å². The topological polar surface area (TPSA) is 17.1 Å². The molecule has 1 heteroatoms. The molecule has 0 heterocycles. The van der Waals surface area contributed by atoms with Crippen LogP contribution in [0.15, 0.2) is 12.2 Å². The summed E-state index contributed by atoms with van der Waals surface area (Å²) in [5, 5.41) is 0. The molecular formula is C8H14O. The van der Waals surface area contributed by atoms with Crippen molar-refractivity contribution in [1.82, 2.24) is 0 Å². The molecule has 0 amide bonds. The number of hydrogen-bond donors (Lipinski definition) is 0. The van der Waals surface area contributed by atoms with Crippen LogP contribution >= 0.6 is 0 Å². The van der Waals surface area contributed by atoms with Gasteiger partial charge in [-0.3, -0.25) is 4.79 Å². The number of hydrogen-bond acceptors (Lipinski definition) is 1. The highest BCUT2D eigenvalue weighted by atomic mass is 16.1. The monoisotopic (exact) mass is 126 g/mol. The number of carbonyl (C=O) groups excluding carboxylic acids is 1. The van der Waals surface area contributed by atoms with Crippen molar-refractivity contribution in [3.8, 4) is 0 Å². The fourth-order valence-electron chi connectivity index (χ4n) is 0.640. The van der Waals surface area contributed by atoms with E-state index in [4.69, 9.17) is 0 Å². The molecule has 0 aromatic heterocycles. The largest absolute Gasteiger partial charge is 0.298 e. The van der Waals surface area contributed by atoms with Crippen molar-refractivity contribution in [2.45, 2.75) is 26.7 Å². The molecule has 0 aromatic carbocycles. The number of rotatable bonds is 4. The van der Waals surface area contributed by atoms with Gasteiger partial charge in [0, 0.05) is 0 Å². The van der Waals surface area contributed by atoms with E-state index in [2.05, 4.69) is 20.4 Å². The minimum absolute atomic E-state index is 0.600. The van der Waals surface area contributed by atoms with Crippen molar-refractivity contribution in [3.63, 3.8) is 0 Å². The van der Waals surface area contributed by atoms with Crippen LogP contribution in [0.25, 0.3) is 0 Å². The molecule has 0 aliphatic rings. The fourth-order valence-corrected chi connectivity index (χ4v) is 0.640. The van der Waals surface area contributed by atoms with Gasteiger partial charge in [-0.2, -0.15) is 0 Å². The minimum Gasteiger partial charge on any atom is -0.298 e. The van der Waals surface area contributed by atoms with Crippen molar-refractivity contribution in [3.05, 3.63) is 12.2 Å². The van der Waals surface area contributed by atoms with Crippen molar-refractivity contribution < 1.29 is 4.79 Å². The fraction of sp³-hybridized carbons (Fsp3) is 0.625. The Morgan fingerprint density at radius 2 is 2.33 bits per heavy atom. The molecule has 0 unspecified atom stereocenters. The highest BCUT2D eigenvalue weighted by Gasteiger charge is 1.99. The third kappa shape index (κ3) is 3.95. The Kier molecular flexibility index (Phi) is 4.02. The van der Waals surface area contributed by atoms with Crippen LogP contribution in [0.4, 0.5) is 0 Å². The van der Waals surface area contributed by atoms with E-state index >= 15 is 0 Å². The molecule has 0 aliphatic carbocycles. The Morgan fingerprint density at radius 1 is 1.78 bits per heavy atom. The Morgan fingerprint density at radius 3 is 2.67 bits per heavy atom. The average Bonchev–Trinajstić information content (AvgIpc) is 1.87. The first-order valence-corrected chi connectivity index (χ1v) is 3.33. The molecule has 0 N–H and O–H groups in total. The number of aldehydes is 1. The van der Waals surface area contributed by atoms with E-state index in [9.17, 15) is 4.79 Å². The summed E-state index contributed by atoms with van der Waals surface area (Å²) in [6.07, 6.45) is 2.80. The normalized spacial score (nSPS) is 12.7. The van der Waals surface area contributed by atoms with Gasteiger partial charge < -0.3 is 0 Å². The summed E-state index contributed by atoms with van der Waals surface area (Å²) < 4.78 is 0. The van der Waals surface area contributed by atoms with Gasteiger partial charge in [0.15, 0.2) is 0 Å². The minimum atomic E-state index is 0.600. The van der Waals surface area contributed by atoms with Gasteiger partial charge in [0.1, 0.15) is 6.29 Å². The summed E-state index contributed by atoms with van der Waals surface area (Å²) in [7, 11) is 0. The van der Waals surface area contributed by atoms with Crippen LogP contribution in [-0.4, -0.2) is 6.29 Å². The summed E-state index contributed by atoms with van der Waals surface area (Å²) in [5.74, 6) is 0.600. The SMILES string of the molecule is C=C(C=O)C[C@@H](C)CC. The Bertz CT molecular complexity index is 105. The summed E-state index contributed by atoms with van der Waals surface area (Å²) in [5.41, 5.74) is 0.712. The van der Waals surface area contributed by atoms with Gasteiger partial charge >= 0.3 is 0 Å². The van der Waals surface area contributed by atoms with Crippen molar-refractivity contribution in [2.75, 3.05) is 0 Å². The summed E-state index contributed by atoms with van der Waals surface area (Å²) in [4.78, 5) is 10.1. The lowest BCUT2D eigenvalue weighted by molar-refractivity contribution is -0.105. The Balaban J connectivity index is 3.46. The lowest BCUT2D eigenvalue weighted by Crippen LogP contribution is -1.94. The van der Waals surface area contributed by atoms with Gasteiger partial charge in [-0.1, -0.05) is 26.8 Å². The molecule has 0 aliphatic heterocycles. The van der Waals surface area contributed by atoms with Crippen LogP contribution in [-0.2, 0) is 4.79 Å². The first kappa shape index (κ1) is 8.41. The van der Waals surface area contributed by atoms with Crippen LogP contribution in [0, 0.1) is 5.92 Å². The molecule has 0 rings (SSSR count). The summed E-state index contributed by atoms with van der Waals surface area (Å²) in [6, 6.07) is 0.